The molecule has 0 atom stereocenters. The van der Waals surface area contributed by atoms with E-state index in [1.165, 1.54) is 51.7 Å². The average molecular weight is 270 g/mol. The molecule has 114 valence electrons. The van der Waals surface area contributed by atoms with Crippen molar-refractivity contribution in [3.05, 3.63) is 0 Å². The maximum atomic E-state index is 5.33. The zero-order chi connectivity index (χ0) is 14.0. The first kappa shape index (κ1) is 16.9. The minimum Gasteiger partial charge on any atom is -0.382 e. The summed E-state index contributed by atoms with van der Waals surface area (Å²) < 4.78 is 5.33. The number of hydrogen-bond donors (Lipinski definition) is 1. The molecule has 1 aliphatic rings. The summed E-state index contributed by atoms with van der Waals surface area (Å²) in [7, 11) is 0. The van der Waals surface area contributed by atoms with Crippen molar-refractivity contribution in [1.29, 1.82) is 0 Å². The highest BCUT2D eigenvalue weighted by atomic mass is 16.5. The number of nitrogens with one attached hydrogen (secondary N) is 1. The van der Waals surface area contributed by atoms with Crippen molar-refractivity contribution in [3.8, 4) is 0 Å². The van der Waals surface area contributed by atoms with Crippen molar-refractivity contribution in [3.63, 3.8) is 0 Å². The highest BCUT2D eigenvalue weighted by Gasteiger charge is 2.27. The highest BCUT2D eigenvalue weighted by molar-refractivity contribution is 4.81. The van der Waals surface area contributed by atoms with Gasteiger partial charge in [-0.3, -0.25) is 0 Å². The molecule has 0 aromatic carbocycles. The van der Waals surface area contributed by atoms with Crippen LogP contribution in [0.2, 0.25) is 0 Å². The summed E-state index contributed by atoms with van der Waals surface area (Å²) in [6.45, 7) is 14.7. The first-order valence-corrected chi connectivity index (χ1v) is 8.21. The van der Waals surface area contributed by atoms with Gasteiger partial charge in [-0.1, -0.05) is 20.3 Å². The molecule has 0 saturated carbocycles. The van der Waals surface area contributed by atoms with E-state index in [9.17, 15) is 0 Å². The topological polar surface area (TPSA) is 24.5 Å². The molecule has 0 unspecified atom stereocenters. The summed E-state index contributed by atoms with van der Waals surface area (Å²) in [5.74, 6) is 0. The fourth-order valence-electron chi connectivity index (χ4n) is 2.63. The lowest BCUT2D eigenvalue weighted by Gasteiger charge is -2.38. The largest absolute Gasteiger partial charge is 0.382 e. The van der Waals surface area contributed by atoms with E-state index in [4.69, 9.17) is 4.74 Å². The van der Waals surface area contributed by atoms with Gasteiger partial charge in [0.25, 0.3) is 0 Å². The van der Waals surface area contributed by atoms with E-state index in [0.717, 1.165) is 26.3 Å². The van der Waals surface area contributed by atoms with Crippen molar-refractivity contribution in [2.24, 2.45) is 5.41 Å². The lowest BCUT2D eigenvalue weighted by atomic mass is 9.78. The number of ether oxygens (including phenoxy) is 1. The lowest BCUT2D eigenvalue weighted by Crippen LogP contribution is -2.41. The van der Waals surface area contributed by atoms with Gasteiger partial charge >= 0.3 is 0 Å². The number of likely N-dealkylation sites (tertiary alicyclic amines) is 1. The molecule has 0 aromatic heterocycles. The van der Waals surface area contributed by atoms with Crippen molar-refractivity contribution < 1.29 is 4.74 Å². The fraction of sp³-hybridized carbons (Fsp3) is 1.00. The molecular formula is C16H34N2O. The minimum atomic E-state index is 0.614. The molecule has 0 spiro atoms. The van der Waals surface area contributed by atoms with Crippen LogP contribution in [0.1, 0.15) is 52.9 Å². The molecule has 19 heavy (non-hydrogen) atoms. The maximum absolute atomic E-state index is 5.33. The van der Waals surface area contributed by atoms with Gasteiger partial charge in [0.15, 0.2) is 0 Å². The van der Waals surface area contributed by atoms with Crippen molar-refractivity contribution in [2.45, 2.75) is 52.9 Å². The molecule has 1 fully saturated rings. The van der Waals surface area contributed by atoms with Crippen LogP contribution >= 0.6 is 0 Å². The van der Waals surface area contributed by atoms with Gasteiger partial charge in [-0.05, 0) is 57.7 Å². The third-order valence-corrected chi connectivity index (χ3v) is 4.62. The lowest BCUT2D eigenvalue weighted by molar-refractivity contribution is 0.115. The molecule has 1 saturated heterocycles. The normalized spacial score (nSPS) is 19.7. The summed E-state index contributed by atoms with van der Waals surface area (Å²) in [6.07, 6.45) is 6.49. The smallest absolute Gasteiger partial charge is 0.0466 e. The zero-order valence-electron chi connectivity index (χ0n) is 13.3. The van der Waals surface area contributed by atoms with Crippen molar-refractivity contribution in [1.82, 2.24) is 10.2 Å². The highest BCUT2D eigenvalue weighted by Crippen LogP contribution is 2.33. The van der Waals surface area contributed by atoms with E-state index < -0.39 is 0 Å². The van der Waals surface area contributed by atoms with Crippen LogP contribution in [-0.2, 0) is 4.74 Å². The Morgan fingerprint density at radius 2 is 1.84 bits per heavy atom. The molecule has 3 nitrogen and oxygen atoms in total. The monoisotopic (exact) mass is 270 g/mol. The third-order valence-electron chi connectivity index (χ3n) is 4.62. The zero-order valence-corrected chi connectivity index (χ0v) is 13.3. The molecule has 0 radical (unpaired) electrons. The van der Waals surface area contributed by atoms with Crippen LogP contribution in [0.25, 0.3) is 0 Å². The van der Waals surface area contributed by atoms with Gasteiger partial charge in [0.1, 0.15) is 0 Å². The van der Waals surface area contributed by atoms with E-state index in [-0.39, 0.29) is 0 Å². The summed E-state index contributed by atoms with van der Waals surface area (Å²) in [5, 5.41) is 3.55. The first-order valence-electron chi connectivity index (χ1n) is 8.21. The van der Waals surface area contributed by atoms with Crippen LogP contribution < -0.4 is 5.32 Å². The number of unbranched alkanes of at least 4 members (excludes halogenated alkanes) is 1. The van der Waals surface area contributed by atoms with Crippen LogP contribution in [0.15, 0.2) is 0 Å². The van der Waals surface area contributed by atoms with Crippen LogP contribution in [0.4, 0.5) is 0 Å². The number of nitrogens with zero attached hydrogens (tertiary/aromatic N) is 1. The Bertz CT molecular complexity index is 213. The Morgan fingerprint density at radius 1 is 1.11 bits per heavy atom. The van der Waals surface area contributed by atoms with E-state index >= 15 is 0 Å². The number of piperidine rings is 1. The molecule has 0 aliphatic carbocycles. The predicted octanol–water partition coefficient (Wildman–Crippen LogP) is 2.90. The van der Waals surface area contributed by atoms with E-state index in [0.29, 0.717) is 5.41 Å². The Kier molecular flexibility index (Phi) is 8.67. The Labute approximate surface area is 120 Å². The quantitative estimate of drug-likeness (QED) is 0.618. The molecule has 3 heteroatoms. The first-order chi connectivity index (χ1) is 9.20. The van der Waals surface area contributed by atoms with Gasteiger partial charge in [-0.15, -0.1) is 0 Å². The van der Waals surface area contributed by atoms with Gasteiger partial charge in [-0.25, -0.2) is 0 Å². The summed E-state index contributed by atoms with van der Waals surface area (Å²) in [4.78, 5) is 2.62. The molecular weight excluding hydrogens is 236 g/mol. The molecule has 0 amide bonds. The van der Waals surface area contributed by atoms with Crippen molar-refractivity contribution in [2.75, 3.05) is 45.9 Å². The van der Waals surface area contributed by atoms with Gasteiger partial charge in [0.05, 0.1) is 0 Å². The third kappa shape index (κ3) is 7.28. The second-order valence-corrected chi connectivity index (χ2v) is 6.16. The SMILES string of the molecule is CCOCCCCNCCN1CCC(C)(CC)CC1. The van der Waals surface area contributed by atoms with E-state index in [1.807, 2.05) is 0 Å². The Balaban J connectivity index is 1.91. The van der Waals surface area contributed by atoms with Crippen LogP contribution in [0.3, 0.4) is 0 Å². The van der Waals surface area contributed by atoms with Crippen molar-refractivity contribution >= 4 is 0 Å². The Hall–Kier alpha value is -0.120. The Morgan fingerprint density at radius 3 is 2.47 bits per heavy atom. The van der Waals surface area contributed by atoms with E-state index in [1.54, 1.807) is 0 Å². The molecule has 1 aliphatic heterocycles. The van der Waals surface area contributed by atoms with Crippen LogP contribution in [0.5, 0.6) is 0 Å². The van der Waals surface area contributed by atoms with Gasteiger partial charge in [0.2, 0.25) is 0 Å². The number of rotatable bonds is 10. The second-order valence-electron chi connectivity index (χ2n) is 6.16. The molecule has 1 heterocycles. The maximum Gasteiger partial charge on any atom is 0.0466 e. The summed E-state index contributed by atoms with van der Waals surface area (Å²) in [6, 6.07) is 0. The van der Waals surface area contributed by atoms with Gasteiger partial charge in [-0.2, -0.15) is 0 Å². The molecule has 0 bridgehead atoms. The fourth-order valence-corrected chi connectivity index (χ4v) is 2.63. The predicted molar refractivity (Wildman–Crippen MR) is 82.7 cm³/mol. The van der Waals surface area contributed by atoms with Crippen LogP contribution in [0, 0.1) is 5.41 Å². The van der Waals surface area contributed by atoms with Gasteiger partial charge < -0.3 is 15.0 Å². The second kappa shape index (κ2) is 9.73. The van der Waals surface area contributed by atoms with Crippen LogP contribution in [-0.4, -0.2) is 50.8 Å². The summed E-state index contributed by atoms with van der Waals surface area (Å²) in [5.41, 5.74) is 0.614. The average Bonchev–Trinajstić information content (AvgIpc) is 2.44. The van der Waals surface area contributed by atoms with Gasteiger partial charge in [0, 0.05) is 26.3 Å². The minimum absolute atomic E-state index is 0.614. The standard InChI is InChI=1S/C16H34N2O/c1-4-16(3)8-12-18(13-9-16)14-11-17-10-6-7-15-19-5-2/h17H,4-15H2,1-3H3. The summed E-state index contributed by atoms with van der Waals surface area (Å²) >= 11 is 0. The molecule has 1 N–H and O–H groups in total. The molecule has 1 rings (SSSR count). The number of hydrogen-bond acceptors (Lipinski definition) is 3. The van der Waals surface area contributed by atoms with E-state index in [2.05, 4.69) is 31.0 Å². The molecule has 0 aromatic rings.